The molecule has 9 heteroatoms. The normalized spacial score (nSPS) is 10.3. The molecule has 0 saturated heterocycles. The van der Waals surface area contributed by atoms with Crippen molar-refractivity contribution in [2.75, 3.05) is 6.54 Å². The number of nitrogens with zero attached hydrogens (tertiary/aromatic N) is 1. The molecule has 1 aromatic carbocycles. The zero-order chi connectivity index (χ0) is 16.2. The van der Waals surface area contributed by atoms with Gasteiger partial charge in [-0.1, -0.05) is 23.2 Å². The summed E-state index contributed by atoms with van der Waals surface area (Å²) in [5.41, 5.74) is -0.519. The third kappa shape index (κ3) is 4.87. The first-order chi connectivity index (χ1) is 9.72. The van der Waals surface area contributed by atoms with Crippen molar-refractivity contribution in [3.05, 3.63) is 37.9 Å². The van der Waals surface area contributed by atoms with E-state index in [1.54, 1.807) is 13.8 Å². The van der Waals surface area contributed by atoms with Crippen LogP contribution in [0.2, 0.25) is 10.0 Å². The molecule has 0 spiro atoms. The minimum Gasteiger partial charge on any atom is -0.352 e. The molecule has 2 N–H and O–H groups in total. The van der Waals surface area contributed by atoms with E-state index >= 15 is 0 Å². The van der Waals surface area contributed by atoms with Crippen LogP contribution in [0.15, 0.2) is 12.1 Å². The largest absolute Gasteiger partial charge is 0.352 e. The van der Waals surface area contributed by atoms with Gasteiger partial charge >= 0.3 is 0 Å². The van der Waals surface area contributed by atoms with E-state index in [2.05, 4.69) is 10.6 Å². The van der Waals surface area contributed by atoms with Crippen molar-refractivity contribution in [2.24, 2.45) is 0 Å². The van der Waals surface area contributed by atoms with Crippen LogP contribution >= 0.6 is 23.2 Å². The standard InChI is InChI=1S/C12H13Cl2N3O4/c1-6(2)16-10(18)5-15-12(19)7-3-8(13)11(14)9(4-7)17(20)21/h3-4,6H,5H2,1-2H3,(H,15,19)(H,16,18). The van der Waals surface area contributed by atoms with Gasteiger partial charge in [0.15, 0.2) is 0 Å². The van der Waals surface area contributed by atoms with Crippen LogP contribution in [-0.4, -0.2) is 29.3 Å². The average molecular weight is 334 g/mol. The Labute approximate surface area is 130 Å². The van der Waals surface area contributed by atoms with Gasteiger partial charge in [0.1, 0.15) is 5.02 Å². The summed E-state index contributed by atoms with van der Waals surface area (Å²) in [5.74, 6) is -1.02. The molecule has 1 aromatic rings. The molecule has 1 rings (SSSR count). The lowest BCUT2D eigenvalue weighted by Crippen LogP contribution is -2.39. The van der Waals surface area contributed by atoms with Gasteiger partial charge in [-0.25, -0.2) is 0 Å². The predicted molar refractivity (Wildman–Crippen MR) is 78.7 cm³/mol. The molecular weight excluding hydrogens is 321 g/mol. The highest BCUT2D eigenvalue weighted by Crippen LogP contribution is 2.32. The van der Waals surface area contributed by atoms with E-state index in [9.17, 15) is 19.7 Å². The predicted octanol–water partition coefficient (Wildman–Crippen LogP) is 2.16. The number of amides is 2. The molecule has 21 heavy (non-hydrogen) atoms. The Morgan fingerprint density at radius 3 is 2.48 bits per heavy atom. The minimum atomic E-state index is -0.740. The van der Waals surface area contributed by atoms with E-state index in [1.807, 2.05) is 0 Å². The fraction of sp³-hybridized carbons (Fsp3) is 0.333. The van der Waals surface area contributed by atoms with Crippen molar-refractivity contribution in [3.63, 3.8) is 0 Å². The lowest BCUT2D eigenvalue weighted by Gasteiger charge is -2.09. The maximum absolute atomic E-state index is 11.9. The number of rotatable bonds is 5. The molecular formula is C12H13Cl2N3O4. The minimum absolute atomic E-state index is 0.0477. The second-order valence-corrected chi connectivity index (χ2v) is 5.24. The molecule has 0 aromatic heterocycles. The Morgan fingerprint density at radius 2 is 1.95 bits per heavy atom. The molecule has 0 aliphatic rings. The average Bonchev–Trinajstić information content (AvgIpc) is 2.37. The van der Waals surface area contributed by atoms with Crippen LogP contribution in [0.25, 0.3) is 0 Å². The van der Waals surface area contributed by atoms with Crippen molar-refractivity contribution in [1.82, 2.24) is 10.6 Å². The fourth-order valence-electron chi connectivity index (χ4n) is 1.47. The number of nitrogens with one attached hydrogen (secondary N) is 2. The van der Waals surface area contributed by atoms with E-state index in [0.717, 1.165) is 6.07 Å². The van der Waals surface area contributed by atoms with Gasteiger partial charge in [-0.3, -0.25) is 19.7 Å². The highest BCUT2D eigenvalue weighted by molar-refractivity contribution is 6.43. The summed E-state index contributed by atoms with van der Waals surface area (Å²) in [5, 5.41) is 15.4. The number of carbonyl (C=O) groups is 2. The first-order valence-corrected chi connectivity index (χ1v) is 6.69. The van der Waals surface area contributed by atoms with Crippen molar-refractivity contribution >= 4 is 40.7 Å². The molecule has 0 saturated carbocycles. The van der Waals surface area contributed by atoms with Gasteiger partial charge in [0.05, 0.1) is 16.5 Å². The van der Waals surface area contributed by atoms with Crippen LogP contribution in [0, 0.1) is 10.1 Å². The lowest BCUT2D eigenvalue weighted by molar-refractivity contribution is -0.384. The van der Waals surface area contributed by atoms with E-state index in [-0.39, 0.29) is 34.1 Å². The second-order valence-electron chi connectivity index (χ2n) is 4.45. The third-order valence-corrected chi connectivity index (χ3v) is 3.12. The SMILES string of the molecule is CC(C)NC(=O)CNC(=O)c1cc(Cl)c(Cl)c([N+](=O)[O-])c1. The quantitative estimate of drug-likeness (QED) is 0.636. The Morgan fingerprint density at radius 1 is 1.33 bits per heavy atom. The molecule has 0 bridgehead atoms. The Hall–Kier alpha value is -1.86. The molecule has 0 heterocycles. The molecule has 2 amide bonds. The monoisotopic (exact) mass is 333 g/mol. The van der Waals surface area contributed by atoms with Crippen molar-refractivity contribution in [3.8, 4) is 0 Å². The zero-order valence-electron chi connectivity index (χ0n) is 11.3. The molecule has 0 aliphatic carbocycles. The summed E-state index contributed by atoms with van der Waals surface area (Å²) in [6, 6.07) is 2.15. The summed E-state index contributed by atoms with van der Waals surface area (Å²) < 4.78 is 0. The van der Waals surface area contributed by atoms with Crippen molar-refractivity contribution in [2.45, 2.75) is 19.9 Å². The van der Waals surface area contributed by atoms with Crippen LogP contribution in [0.5, 0.6) is 0 Å². The van der Waals surface area contributed by atoms with Crippen LogP contribution in [0.4, 0.5) is 5.69 Å². The second kappa shape index (κ2) is 7.24. The van der Waals surface area contributed by atoms with E-state index in [1.165, 1.54) is 6.07 Å². The number of halogens is 2. The number of carbonyl (C=O) groups excluding carboxylic acids is 2. The van der Waals surface area contributed by atoms with Gasteiger partial charge in [-0.2, -0.15) is 0 Å². The van der Waals surface area contributed by atoms with Gasteiger partial charge in [0.2, 0.25) is 5.91 Å². The summed E-state index contributed by atoms with van der Waals surface area (Å²) >= 11 is 11.4. The van der Waals surface area contributed by atoms with Crippen LogP contribution in [0.3, 0.4) is 0 Å². The summed E-state index contributed by atoms with van der Waals surface area (Å²) in [4.78, 5) is 33.3. The van der Waals surface area contributed by atoms with E-state index < -0.39 is 16.5 Å². The van der Waals surface area contributed by atoms with Crippen LogP contribution in [0.1, 0.15) is 24.2 Å². The van der Waals surface area contributed by atoms with E-state index in [4.69, 9.17) is 23.2 Å². The molecule has 0 fully saturated rings. The van der Waals surface area contributed by atoms with Crippen LogP contribution < -0.4 is 10.6 Å². The first-order valence-electron chi connectivity index (χ1n) is 5.93. The summed E-state index contributed by atoms with van der Waals surface area (Å²) in [6.45, 7) is 3.31. The Balaban J connectivity index is 2.84. The summed E-state index contributed by atoms with van der Waals surface area (Å²) in [7, 11) is 0. The fourth-order valence-corrected chi connectivity index (χ4v) is 1.87. The molecule has 0 atom stereocenters. The van der Waals surface area contributed by atoms with Crippen molar-refractivity contribution in [1.29, 1.82) is 0 Å². The van der Waals surface area contributed by atoms with Gasteiger partial charge < -0.3 is 10.6 Å². The number of hydrogen-bond acceptors (Lipinski definition) is 4. The number of hydrogen-bond donors (Lipinski definition) is 2. The number of nitro benzene ring substituents is 1. The Bertz CT molecular complexity index is 590. The highest BCUT2D eigenvalue weighted by Gasteiger charge is 2.20. The first kappa shape index (κ1) is 17.2. The van der Waals surface area contributed by atoms with Gasteiger partial charge in [0.25, 0.3) is 11.6 Å². The third-order valence-electron chi connectivity index (χ3n) is 2.33. The summed E-state index contributed by atoms with van der Waals surface area (Å²) in [6.07, 6.45) is 0. The maximum atomic E-state index is 11.9. The topological polar surface area (TPSA) is 101 Å². The molecule has 114 valence electrons. The van der Waals surface area contributed by atoms with E-state index in [0.29, 0.717) is 0 Å². The lowest BCUT2D eigenvalue weighted by atomic mass is 10.2. The van der Waals surface area contributed by atoms with Gasteiger partial charge in [0, 0.05) is 17.7 Å². The Kier molecular flexibility index (Phi) is 5.92. The maximum Gasteiger partial charge on any atom is 0.290 e. The number of benzene rings is 1. The van der Waals surface area contributed by atoms with Crippen LogP contribution in [-0.2, 0) is 4.79 Å². The van der Waals surface area contributed by atoms with Crippen molar-refractivity contribution < 1.29 is 14.5 Å². The molecule has 0 radical (unpaired) electrons. The smallest absolute Gasteiger partial charge is 0.290 e. The molecule has 0 unspecified atom stereocenters. The number of nitro groups is 1. The highest BCUT2D eigenvalue weighted by atomic mass is 35.5. The molecule has 7 nitrogen and oxygen atoms in total. The van der Waals surface area contributed by atoms with Gasteiger partial charge in [-0.05, 0) is 19.9 Å². The van der Waals surface area contributed by atoms with Gasteiger partial charge in [-0.15, -0.1) is 0 Å². The zero-order valence-corrected chi connectivity index (χ0v) is 12.8. The molecule has 0 aliphatic heterocycles.